The van der Waals surface area contributed by atoms with E-state index >= 15 is 0 Å². The van der Waals surface area contributed by atoms with Crippen LogP contribution in [0.1, 0.15) is 50.3 Å². The molecule has 0 saturated carbocycles. The van der Waals surface area contributed by atoms with E-state index in [0.717, 1.165) is 52.7 Å². The summed E-state index contributed by atoms with van der Waals surface area (Å²) in [6, 6.07) is 12.2. The van der Waals surface area contributed by atoms with E-state index in [1.807, 2.05) is 24.3 Å². The first-order valence-corrected chi connectivity index (χ1v) is 10.7. The summed E-state index contributed by atoms with van der Waals surface area (Å²) < 4.78 is 29.5. The summed E-state index contributed by atoms with van der Waals surface area (Å²) in [6.45, 7) is 5.11. The molecule has 7 heteroatoms. The lowest BCUT2D eigenvalue weighted by Crippen LogP contribution is -2.60. The second kappa shape index (κ2) is 6.53. The summed E-state index contributed by atoms with van der Waals surface area (Å²) in [6.07, 6.45) is 2.24. The first-order chi connectivity index (χ1) is 15.0. The molecule has 6 rings (SSSR count). The van der Waals surface area contributed by atoms with E-state index in [-0.39, 0.29) is 18.4 Å². The zero-order valence-corrected chi connectivity index (χ0v) is 18.0. The zero-order valence-electron chi connectivity index (χ0n) is 18.0. The molecule has 31 heavy (non-hydrogen) atoms. The first kappa shape index (κ1) is 18.8. The fourth-order valence-corrected chi connectivity index (χ4v) is 5.25. The van der Waals surface area contributed by atoms with Gasteiger partial charge >= 0.3 is 0 Å². The van der Waals surface area contributed by atoms with Crippen LogP contribution >= 0.6 is 0 Å². The Morgan fingerprint density at radius 2 is 2.00 bits per heavy atom. The molecule has 162 valence electrons. The van der Waals surface area contributed by atoms with Crippen molar-refractivity contribution < 1.29 is 23.7 Å². The maximum Gasteiger partial charge on any atom is 0.231 e. The summed E-state index contributed by atoms with van der Waals surface area (Å²) in [5.74, 6) is 3.13. The molecule has 2 aromatic carbocycles. The molecule has 0 aromatic heterocycles. The van der Waals surface area contributed by atoms with E-state index in [1.165, 1.54) is 0 Å². The van der Waals surface area contributed by atoms with Gasteiger partial charge in [0.2, 0.25) is 12.5 Å². The molecule has 2 atom stereocenters. The molecular weight excluding hydrogens is 396 g/mol. The normalized spacial score (nSPS) is 27.4. The molecule has 4 heterocycles. The van der Waals surface area contributed by atoms with Crippen molar-refractivity contribution in [1.82, 2.24) is 5.01 Å². The van der Waals surface area contributed by atoms with E-state index in [1.54, 1.807) is 7.11 Å². The van der Waals surface area contributed by atoms with E-state index in [9.17, 15) is 0 Å². The average Bonchev–Trinajstić information content (AvgIpc) is 3.40. The van der Waals surface area contributed by atoms with Crippen LogP contribution in [0.3, 0.4) is 0 Å². The number of rotatable bonds is 2. The van der Waals surface area contributed by atoms with Crippen molar-refractivity contribution >= 4 is 5.71 Å². The van der Waals surface area contributed by atoms with Gasteiger partial charge in [-0.1, -0.05) is 12.1 Å². The van der Waals surface area contributed by atoms with Gasteiger partial charge < -0.3 is 23.7 Å². The van der Waals surface area contributed by atoms with Crippen LogP contribution in [-0.2, 0) is 4.74 Å². The molecule has 0 aliphatic carbocycles. The minimum absolute atomic E-state index is 0.0770. The first-order valence-electron chi connectivity index (χ1n) is 10.7. The number of fused-ring (bicyclic) bond motifs is 5. The van der Waals surface area contributed by atoms with Crippen LogP contribution < -0.4 is 18.9 Å². The highest BCUT2D eigenvalue weighted by molar-refractivity contribution is 6.02. The van der Waals surface area contributed by atoms with Crippen molar-refractivity contribution in [2.75, 3.05) is 20.5 Å². The van der Waals surface area contributed by atoms with Crippen molar-refractivity contribution in [3.8, 4) is 23.0 Å². The number of hydrazone groups is 1. The molecule has 1 spiro atoms. The third-order valence-corrected chi connectivity index (χ3v) is 6.60. The van der Waals surface area contributed by atoms with Crippen molar-refractivity contribution in [2.24, 2.45) is 5.10 Å². The Morgan fingerprint density at radius 3 is 2.84 bits per heavy atom. The van der Waals surface area contributed by atoms with Gasteiger partial charge in [0, 0.05) is 30.4 Å². The van der Waals surface area contributed by atoms with Crippen LogP contribution in [0.4, 0.5) is 0 Å². The van der Waals surface area contributed by atoms with Gasteiger partial charge in [0.25, 0.3) is 0 Å². The van der Waals surface area contributed by atoms with E-state index < -0.39 is 5.72 Å². The molecule has 0 radical (unpaired) electrons. The molecule has 1 fully saturated rings. The van der Waals surface area contributed by atoms with E-state index in [2.05, 4.69) is 31.0 Å². The molecular formula is C24H26N2O5. The maximum absolute atomic E-state index is 6.76. The number of para-hydroxylation sites is 1. The van der Waals surface area contributed by atoms with Gasteiger partial charge in [-0.25, -0.2) is 5.01 Å². The molecule has 2 aromatic rings. The fraction of sp³-hybridized carbons (Fsp3) is 0.458. The molecule has 1 saturated heterocycles. The smallest absolute Gasteiger partial charge is 0.231 e. The van der Waals surface area contributed by atoms with Crippen LogP contribution in [0.2, 0.25) is 0 Å². The zero-order chi connectivity index (χ0) is 21.2. The second-order valence-corrected chi connectivity index (χ2v) is 9.14. The predicted molar refractivity (Wildman–Crippen MR) is 114 cm³/mol. The van der Waals surface area contributed by atoms with Crippen LogP contribution in [0.15, 0.2) is 41.5 Å². The summed E-state index contributed by atoms with van der Waals surface area (Å²) in [5, 5.41) is 7.31. The highest BCUT2D eigenvalue weighted by Crippen LogP contribution is 2.54. The topological polar surface area (TPSA) is 61.8 Å². The standard InChI is InChI=1S/C24H26N2O5/c1-23(2)13-24(9-10-30-23)26-18(16-5-4-6-20(27-3)22(16)31-24)12-17(25-26)15-7-8-19-21(11-15)29-14-28-19/h4-8,11,18H,9-10,12-14H2,1-3H3/t18-,24+/m1/s1. The largest absolute Gasteiger partial charge is 0.493 e. The monoisotopic (exact) mass is 422 g/mol. The number of hydrogen-bond acceptors (Lipinski definition) is 7. The lowest BCUT2D eigenvalue weighted by molar-refractivity contribution is -0.212. The molecule has 0 bridgehead atoms. The average molecular weight is 422 g/mol. The Bertz CT molecular complexity index is 1080. The predicted octanol–water partition coefficient (Wildman–Crippen LogP) is 4.25. The summed E-state index contributed by atoms with van der Waals surface area (Å²) in [4.78, 5) is 0. The third-order valence-electron chi connectivity index (χ3n) is 6.60. The SMILES string of the molecule is COc1cccc2c1O[C@]1(CCOC(C)(C)C1)N1N=C(c3ccc4c(c3)OCO4)C[C@H]21. The van der Waals surface area contributed by atoms with Gasteiger partial charge in [0.15, 0.2) is 23.0 Å². The molecule has 7 nitrogen and oxygen atoms in total. The molecule has 0 amide bonds. The summed E-state index contributed by atoms with van der Waals surface area (Å²) in [5.41, 5.74) is 2.29. The molecule has 0 N–H and O–H groups in total. The van der Waals surface area contributed by atoms with Crippen LogP contribution in [0, 0.1) is 0 Å². The van der Waals surface area contributed by atoms with Gasteiger partial charge in [-0.3, -0.25) is 0 Å². The minimum atomic E-state index is -0.577. The highest BCUT2D eigenvalue weighted by atomic mass is 16.7. The number of nitrogens with zero attached hydrogens (tertiary/aromatic N) is 2. The Hall–Kier alpha value is -2.93. The van der Waals surface area contributed by atoms with Crippen molar-refractivity contribution in [2.45, 2.75) is 50.5 Å². The third kappa shape index (κ3) is 2.86. The fourth-order valence-electron chi connectivity index (χ4n) is 5.25. The number of hydrogen-bond donors (Lipinski definition) is 0. The van der Waals surface area contributed by atoms with Gasteiger partial charge in [0.1, 0.15) is 0 Å². The molecule has 4 aliphatic rings. The van der Waals surface area contributed by atoms with Gasteiger partial charge in [0.05, 0.1) is 31.1 Å². The van der Waals surface area contributed by atoms with Crippen LogP contribution in [0.25, 0.3) is 0 Å². The van der Waals surface area contributed by atoms with Crippen molar-refractivity contribution in [3.63, 3.8) is 0 Å². The number of ether oxygens (including phenoxy) is 5. The molecule has 0 unspecified atom stereocenters. The van der Waals surface area contributed by atoms with Crippen LogP contribution in [-0.4, -0.2) is 42.6 Å². The Morgan fingerprint density at radius 1 is 1.13 bits per heavy atom. The molecule has 4 aliphatic heterocycles. The summed E-state index contributed by atoms with van der Waals surface area (Å²) in [7, 11) is 1.69. The Kier molecular flexibility index (Phi) is 3.96. The number of benzene rings is 2. The van der Waals surface area contributed by atoms with Gasteiger partial charge in [-0.2, -0.15) is 5.10 Å². The van der Waals surface area contributed by atoms with Crippen molar-refractivity contribution in [3.05, 3.63) is 47.5 Å². The minimum Gasteiger partial charge on any atom is -0.493 e. The maximum atomic E-state index is 6.76. The quantitative estimate of drug-likeness (QED) is 0.721. The lowest BCUT2D eigenvalue weighted by atomic mass is 9.86. The Balaban J connectivity index is 1.46. The second-order valence-electron chi connectivity index (χ2n) is 9.14. The highest BCUT2D eigenvalue weighted by Gasteiger charge is 2.55. The van der Waals surface area contributed by atoms with Gasteiger partial charge in [-0.05, 0) is 38.1 Å². The van der Waals surface area contributed by atoms with Crippen molar-refractivity contribution in [1.29, 1.82) is 0 Å². The number of methoxy groups -OCH3 is 1. The van der Waals surface area contributed by atoms with Gasteiger partial charge in [-0.15, -0.1) is 0 Å². The van der Waals surface area contributed by atoms with E-state index in [0.29, 0.717) is 13.0 Å². The van der Waals surface area contributed by atoms with Crippen LogP contribution in [0.5, 0.6) is 23.0 Å². The summed E-state index contributed by atoms with van der Waals surface area (Å²) >= 11 is 0. The van der Waals surface area contributed by atoms with E-state index in [4.69, 9.17) is 28.8 Å². The Labute approximate surface area is 181 Å². The lowest BCUT2D eigenvalue weighted by Gasteiger charge is -2.52.